The Morgan fingerprint density at radius 1 is 1.18 bits per heavy atom. The number of hydrogen-bond donors (Lipinski definition) is 2. The van der Waals surface area contributed by atoms with Crippen LogP contribution < -0.4 is 11.1 Å². The highest BCUT2D eigenvalue weighted by molar-refractivity contribution is 5.94. The van der Waals surface area contributed by atoms with E-state index in [1.807, 2.05) is 24.3 Å². The minimum atomic E-state index is -0.393. The van der Waals surface area contributed by atoms with E-state index in [-0.39, 0.29) is 11.9 Å². The number of carbonyl (C=O) groups excluding carboxylic acids is 1. The van der Waals surface area contributed by atoms with Crippen LogP contribution in [0.15, 0.2) is 42.5 Å². The lowest BCUT2D eigenvalue weighted by Gasteiger charge is -2.20. The maximum Gasteiger partial charge on any atom is 0.224 e. The highest BCUT2D eigenvalue weighted by Crippen LogP contribution is 2.30. The Balaban J connectivity index is 1.74. The van der Waals surface area contributed by atoms with Gasteiger partial charge >= 0.3 is 0 Å². The van der Waals surface area contributed by atoms with Crippen LogP contribution in [0.1, 0.15) is 35.6 Å². The number of anilines is 1. The van der Waals surface area contributed by atoms with E-state index in [0.29, 0.717) is 18.5 Å². The van der Waals surface area contributed by atoms with E-state index in [2.05, 4.69) is 17.4 Å². The molecule has 2 aromatic carbocycles. The third-order valence-corrected chi connectivity index (χ3v) is 4.10. The van der Waals surface area contributed by atoms with Gasteiger partial charge in [0, 0.05) is 12.5 Å². The first-order valence-electron chi connectivity index (χ1n) is 7.55. The molecule has 0 aromatic heterocycles. The molecule has 0 aliphatic carbocycles. The standard InChI is InChI=1S/C18H19FN2O/c19-15-11-14(10-13-7-9-17(22)21-18(13)15)16(20)8-6-12-4-2-1-3-5-12/h1-5,10-11,16H,6-9,20H2,(H,21,22). The van der Waals surface area contributed by atoms with Crippen LogP contribution in [-0.2, 0) is 17.6 Å². The van der Waals surface area contributed by atoms with Gasteiger partial charge < -0.3 is 11.1 Å². The number of rotatable bonds is 4. The van der Waals surface area contributed by atoms with Crippen molar-refractivity contribution in [3.05, 3.63) is 65.0 Å². The lowest BCUT2D eigenvalue weighted by molar-refractivity contribution is -0.116. The largest absolute Gasteiger partial charge is 0.324 e. The van der Waals surface area contributed by atoms with Gasteiger partial charge in [-0.1, -0.05) is 36.4 Å². The summed E-state index contributed by atoms with van der Waals surface area (Å²) in [5.74, 6) is -0.525. The van der Waals surface area contributed by atoms with Crippen LogP contribution in [-0.4, -0.2) is 5.91 Å². The molecule has 2 aromatic rings. The first kappa shape index (κ1) is 14.7. The van der Waals surface area contributed by atoms with Crippen molar-refractivity contribution >= 4 is 11.6 Å². The minimum Gasteiger partial charge on any atom is -0.324 e. The summed E-state index contributed by atoms with van der Waals surface area (Å²) in [6.07, 6.45) is 2.58. The van der Waals surface area contributed by atoms with Gasteiger partial charge in [-0.2, -0.15) is 0 Å². The number of aryl methyl sites for hydroxylation is 2. The van der Waals surface area contributed by atoms with Crippen molar-refractivity contribution in [1.82, 2.24) is 0 Å². The monoisotopic (exact) mass is 298 g/mol. The van der Waals surface area contributed by atoms with Crippen LogP contribution in [0, 0.1) is 5.82 Å². The maximum atomic E-state index is 14.2. The van der Waals surface area contributed by atoms with Gasteiger partial charge in [-0.25, -0.2) is 4.39 Å². The van der Waals surface area contributed by atoms with Gasteiger partial charge in [-0.05, 0) is 42.0 Å². The van der Waals surface area contributed by atoms with Crippen molar-refractivity contribution in [2.24, 2.45) is 5.73 Å². The van der Waals surface area contributed by atoms with E-state index < -0.39 is 5.82 Å². The molecule has 0 fully saturated rings. The molecule has 0 bridgehead atoms. The summed E-state index contributed by atoms with van der Waals surface area (Å²) in [6.45, 7) is 0. The highest BCUT2D eigenvalue weighted by Gasteiger charge is 2.20. The number of benzene rings is 2. The Hall–Kier alpha value is -2.20. The zero-order valence-electron chi connectivity index (χ0n) is 12.3. The van der Waals surface area contributed by atoms with Crippen LogP contribution in [0.5, 0.6) is 0 Å². The van der Waals surface area contributed by atoms with Crippen molar-refractivity contribution in [2.75, 3.05) is 5.32 Å². The molecule has 114 valence electrons. The predicted molar refractivity (Wildman–Crippen MR) is 85.0 cm³/mol. The average Bonchev–Trinajstić information content (AvgIpc) is 2.54. The molecule has 0 saturated heterocycles. The normalized spacial score (nSPS) is 15.1. The first-order valence-corrected chi connectivity index (χ1v) is 7.55. The van der Waals surface area contributed by atoms with Crippen LogP contribution in [0.2, 0.25) is 0 Å². The molecule has 1 amide bonds. The second kappa shape index (κ2) is 6.28. The second-order valence-electron chi connectivity index (χ2n) is 5.72. The summed E-state index contributed by atoms with van der Waals surface area (Å²) >= 11 is 0. The van der Waals surface area contributed by atoms with Gasteiger partial charge in [0.2, 0.25) is 5.91 Å². The van der Waals surface area contributed by atoms with Crippen molar-refractivity contribution in [2.45, 2.75) is 31.7 Å². The Bertz CT molecular complexity index is 685. The summed E-state index contributed by atoms with van der Waals surface area (Å²) in [5, 5.41) is 2.60. The van der Waals surface area contributed by atoms with E-state index in [0.717, 1.165) is 24.0 Å². The van der Waals surface area contributed by atoms with E-state index in [4.69, 9.17) is 5.73 Å². The summed E-state index contributed by atoms with van der Waals surface area (Å²) in [4.78, 5) is 11.4. The maximum absolute atomic E-state index is 14.2. The van der Waals surface area contributed by atoms with Crippen molar-refractivity contribution in [3.8, 4) is 0 Å². The molecule has 3 rings (SSSR count). The molecule has 3 N–H and O–H groups in total. The van der Waals surface area contributed by atoms with Crippen LogP contribution in [0.4, 0.5) is 10.1 Å². The Morgan fingerprint density at radius 3 is 2.73 bits per heavy atom. The van der Waals surface area contributed by atoms with Gasteiger partial charge in [-0.15, -0.1) is 0 Å². The van der Waals surface area contributed by atoms with E-state index in [1.165, 1.54) is 11.6 Å². The molecule has 22 heavy (non-hydrogen) atoms. The fourth-order valence-electron chi connectivity index (χ4n) is 2.82. The molecule has 0 spiro atoms. The molecule has 1 atom stereocenters. The van der Waals surface area contributed by atoms with Crippen LogP contribution >= 0.6 is 0 Å². The smallest absolute Gasteiger partial charge is 0.224 e. The average molecular weight is 298 g/mol. The molecule has 1 unspecified atom stereocenters. The number of fused-ring (bicyclic) bond motifs is 1. The van der Waals surface area contributed by atoms with Gasteiger partial charge in [-0.3, -0.25) is 4.79 Å². The molecular weight excluding hydrogens is 279 g/mol. The zero-order chi connectivity index (χ0) is 15.5. The topological polar surface area (TPSA) is 55.1 Å². The molecule has 4 heteroatoms. The molecule has 0 radical (unpaired) electrons. The van der Waals surface area contributed by atoms with E-state index >= 15 is 0 Å². The number of nitrogens with two attached hydrogens (primary N) is 1. The van der Waals surface area contributed by atoms with Gasteiger partial charge in [0.05, 0.1) is 5.69 Å². The lowest BCUT2D eigenvalue weighted by Crippen LogP contribution is -2.21. The summed E-state index contributed by atoms with van der Waals surface area (Å²) < 4.78 is 14.2. The number of carbonyl (C=O) groups is 1. The third kappa shape index (κ3) is 3.17. The summed E-state index contributed by atoms with van der Waals surface area (Å²) in [7, 11) is 0. The Morgan fingerprint density at radius 2 is 1.95 bits per heavy atom. The van der Waals surface area contributed by atoms with E-state index in [1.54, 1.807) is 0 Å². The predicted octanol–water partition coefficient (Wildman–Crippen LogP) is 3.34. The molecule has 1 heterocycles. The van der Waals surface area contributed by atoms with E-state index in [9.17, 15) is 9.18 Å². The molecular formula is C18H19FN2O. The molecule has 0 saturated carbocycles. The van der Waals surface area contributed by atoms with Gasteiger partial charge in [0.15, 0.2) is 0 Å². The van der Waals surface area contributed by atoms with Crippen molar-refractivity contribution < 1.29 is 9.18 Å². The Kier molecular flexibility index (Phi) is 4.20. The van der Waals surface area contributed by atoms with Gasteiger partial charge in [0.1, 0.15) is 5.82 Å². The number of nitrogens with one attached hydrogen (secondary N) is 1. The quantitative estimate of drug-likeness (QED) is 0.909. The molecule has 3 nitrogen and oxygen atoms in total. The number of hydrogen-bond acceptors (Lipinski definition) is 2. The highest BCUT2D eigenvalue weighted by atomic mass is 19.1. The number of amides is 1. The third-order valence-electron chi connectivity index (χ3n) is 4.10. The van der Waals surface area contributed by atoms with Gasteiger partial charge in [0.25, 0.3) is 0 Å². The van der Waals surface area contributed by atoms with Crippen LogP contribution in [0.3, 0.4) is 0 Å². The first-order chi connectivity index (χ1) is 10.6. The zero-order valence-corrected chi connectivity index (χ0v) is 12.3. The fraction of sp³-hybridized carbons (Fsp3) is 0.278. The fourth-order valence-corrected chi connectivity index (χ4v) is 2.82. The molecule has 1 aliphatic rings. The second-order valence-corrected chi connectivity index (χ2v) is 5.72. The summed E-state index contributed by atoms with van der Waals surface area (Å²) in [5.41, 5.74) is 9.39. The lowest BCUT2D eigenvalue weighted by atomic mass is 9.94. The van der Waals surface area contributed by atoms with Crippen molar-refractivity contribution in [3.63, 3.8) is 0 Å². The summed E-state index contributed by atoms with van der Waals surface area (Å²) in [6, 6.07) is 13.3. The van der Waals surface area contributed by atoms with Crippen LogP contribution in [0.25, 0.3) is 0 Å². The SMILES string of the molecule is NC(CCc1ccccc1)c1cc(F)c2c(c1)CCC(=O)N2. The van der Waals surface area contributed by atoms with Crippen molar-refractivity contribution in [1.29, 1.82) is 0 Å². The molecule has 1 aliphatic heterocycles. The Labute approximate surface area is 129 Å². The number of halogens is 1. The minimum absolute atomic E-state index is 0.132.